The van der Waals surface area contributed by atoms with Crippen molar-refractivity contribution in [2.24, 2.45) is 0 Å². The van der Waals surface area contributed by atoms with E-state index in [0.29, 0.717) is 19.3 Å². The van der Waals surface area contributed by atoms with Crippen molar-refractivity contribution >= 4 is 33.6 Å². The summed E-state index contributed by atoms with van der Waals surface area (Å²) in [6.07, 6.45) is 86.6. The first kappa shape index (κ1) is 97.7. The van der Waals surface area contributed by atoms with E-state index in [1.807, 2.05) is 0 Å². The van der Waals surface area contributed by atoms with Gasteiger partial charge in [-0.3, -0.25) is 32.5 Å². The van der Waals surface area contributed by atoms with Gasteiger partial charge in [-0.15, -0.1) is 0 Å². The highest BCUT2D eigenvalue weighted by Crippen LogP contribution is 2.45. The molecule has 101 heavy (non-hydrogen) atoms. The van der Waals surface area contributed by atoms with Crippen molar-refractivity contribution in [1.29, 1.82) is 0 Å². The average Bonchev–Trinajstić information content (AvgIpc) is 0.934. The van der Waals surface area contributed by atoms with Crippen molar-refractivity contribution in [2.45, 2.75) is 386 Å². The maximum atomic E-state index is 12.9. The lowest BCUT2D eigenvalue weighted by molar-refractivity contribution is -0.161. The Bertz CT molecular complexity index is 2180. The fourth-order valence-electron chi connectivity index (χ4n) is 11.4. The summed E-state index contributed by atoms with van der Waals surface area (Å²) in [7, 11) is -9.77. The second-order valence-corrected chi connectivity index (χ2v) is 30.5. The maximum Gasteiger partial charge on any atom is 0.472 e. The van der Waals surface area contributed by atoms with Crippen LogP contribution in [0, 0.1) is 0 Å². The van der Waals surface area contributed by atoms with E-state index < -0.39 is 91.5 Å². The molecule has 0 aliphatic carbocycles. The van der Waals surface area contributed by atoms with Gasteiger partial charge in [-0.1, -0.05) is 337 Å². The number of carbonyl (C=O) groups excluding carboxylic acids is 3. The lowest BCUT2D eigenvalue weighted by Crippen LogP contribution is -2.30. The van der Waals surface area contributed by atoms with Gasteiger partial charge in [0.25, 0.3) is 0 Å². The van der Waals surface area contributed by atoms with E-state index in [2.05, 4.69) is 106 Å². The molecule has 0 rings (SSSR count). The van der Waals surface area contributed by atoms with Gasteiger partial charge in [-0.25, -0.2) is 9.13 Å². The van der Waals surface area contributed by atoms with Gasteiger partial charge in [-0.05, 0) is 96.3 Å². The van der Waals surface area contributed by atoms with Crippen molar-refractivity contribution in [2.75, 3.05) is 39.6 Å². The molecule has 0 aromatic carbocycles. The van der Waals surface area contributed by atoms with Crippen molar-refractivity contribution in [1.82, 2.24) is 0 Å². The molecule has 0 saturated heterocycles. The SMILES string of the molecule is CC/C=C\C/C=C\C/C=C\CCCCCCCCCC(=O)OCC(COP(=O)(O)OCC(O)COP(=O)(O)OCC(O)COC(=O)CCCCCCCCCCCCCCCCCCCCC/C=C\C/C=C\C/C=C\C/C=C\CCCCC)OC(=O)CCCCCCCCCCCCCCC. The highest BCUT2D eigenvalue weighted by atomic mass is 31.2. The zero-order valence-electron chi connectivity index (χ0n) is 64.3. The molecule has 0 heterocycles. The molecular formula is C83H150O16P2. The van der Waals surface area contributed by atoms with Crippen LogP contribution in [0.1, 0.15) is 367 Å². The molecule has 5 unspecified atom stereocenters. The number of aliphatic hydroxyl groups excluding tert-OH is 2. The number of ether oxygens (including phenoxy) is 3. The topological polar surface area (TPSA) is 231 Å². The number of hydrogen-bond donors (Lipinski definition) is 4. The van der Waals surface area contributed by atoms with Crippen LogP contribution in [-0.2, 0) is 55.8 Å². The van der Waals surface area contributed by atoms with Gasteiger partial charge in [0.15, 0.2) is 6.10 Å². The highest BCUT2D eigenvalue weighted by Gasteiger charge is 2.29. The van der Waals surface area contributed by atoms with E-state index in [0.717, 1.165) is 128 Å². The zero-order valence-corrected chi connectivity index (χ0v) is 66.1. The molecule has 4 N–H and O–H groups in total. The summed E-state index contributed by atoms with van der Waals surface area (Å²) in [4.78, 5) is 58.6. The molecule has 5 atom stereocenters. The number of phosphoric acid groups is 2. The molecule has 0 aliphatic heterocycles. The first-order valence-electron chi connectivity index (χ1n) is 40.9. The van der Waals surface area contributed by atoms with Gasteiger partial charge in [0.05, 0.1) is 26.4 Å². The number of hydrogen-bond acceptors (Lipinski definition) is 14. The molecule has 0 aromatic heterocycles. The Labute approximate surface area is 616 Å². The Hall–Kier alpha value is -3.27. The minimum atomic E-state index is -4.92. The molecule has 0 aliphatic rings. The van der Waals surface area contributed by atoms with Gasteiger partial charge in [0.1, 0.15) is 25.4 Å². The smallest absolute Gasteiger partial charge is 0.463 e. The Kier molecular flexibility index (Phi) is 73.9. The summed E-state index contributed by atoms with van der Waals surface area (Å²) in [5.41, 5.74) is 0. The summed E-state index contributed by atoms with van der Waals surface area (Å²) in [6.45, 7) is 2.58. The van der Waals surface area contributed by atoms with Gasteiger partial charge in [0, 0.05) is 19.3 Å². The van der Waals surface area contributed by atoms with Crippen molar-refractivity contribution < 1.29 is 75.8 Å². The first-order valence-corrected chi connectivity index (χ1v) is 43.9. The Morgan fingerprint density at radius 3 is 0.851 bits per heavy atom. The van der Waals surface area contributed by atoms with E-state index in [-0.39, 0.29) is 19.3 Å². The summed E-state index contributed by atoms with van der Waals surface area (Å²) in [5, 5.41) is 20.6. The van der Waals surface area contributed by atoms with Gasteiger partial charge < -0.3 is 34.2 Å². The van der Waals surface area contributed by atoms with Crippen LogP contribution in [0.4, 0.5) is 0 Å². The molecule has 0 bridgehead atoms. The molecule has 588 valence electrons. The second kappa shape index (κ2) is 76.4. The van der Waals surface area contributed by atoms with Crippen LogP contribution in [0.2, 0.25) is 0 Å². The zero-order chi connectivity index (χ0) is 73.7. The summed E-state index contributed by atoms with van der Waals surface area (Å²) in [5.74, 6) is -1.57. The van der Waals surface area contributed by atoms with Crippen LogP contribution in [0.3, 0.4) is 0 Å². The normalized spacial score (nSPS) is 14.4. The Balaban J connectivity index is 4.32. The van der Waals surface area contributed by atoms with Crippen molar-refractivity contribution in [3.05, 3.63) is 85.1 Å². The van der Waals surface area contributed by atoms with Crippen molar-refractivity contribution in [3.63, 3.8) is 0 Å². The predicted molar refractivity (Wildman–Crippen MR) is 418 cm³/mol. The molecule has 0 fully saturated rings. The lowest BCUT2D eigenvalue weighted by atomic mass is 10.0. The number of carbonyl (C=O) groups is 3. The molecule has 18 heteroatoms. The minimum absolute atomic E-state index is 0.107. The van der Waals surface area contributed by atoms with E-state index in [1.165, 1.54) is 180 Å². The van der Waals surface area contributed by atoms with Gasteiger partial charge in [0.2, 0.25) is 0 Å². The van der Waals surface area contributed by atoms with Crippen LogP contribution in [0.5, 0.6) is 0 Å². The predicted octanol–water partition coefficient (Wildman–Crippen LogP) is 24.0. The fraction of sp³-hybridized carbons (Fsp3) is 0.795. The molecule has 0 radical (unpaired) electrons. The average molecular weight is 1470 g/mol. The van der Waals surface area contributed by atoms with Crippen LogP contribution < -0.4 is 0 Å². The van der Waals surface area contributed by atoms with Crippen LogP contribution in [-0.4, -0.2) is 95.9 Å². The molecule has 0 amide bonds. The molecule has 0 aromatic rings. The standard InChI is InChI=1S/C83H150O16P2/c1-4-7-10-13-16-19-22-25-27-29-30-31-32-33-34-35-36-37-38-39-40-41-42-43-44-45-46-48-50-52-54-57-60-63-66-69-81(86)93-72-78(84)73-95-100(89,90)96-74-79(85)75-97-101(91,92)98-77-80(99-83(88)71-68-65-62-59-56-51-24-21-18-15-12-9-6-3)76-94-82(87)70-67-64-61-58-55-53-49-47-28-26-23-20-17-14-11-8-5-2/h8,11,16-17,19-20,25-28,30-31,33-34,78-80,84-85H,4-7,9-10,12-15,18,21-24,29,32,35-77H2,1-3H3,(H,89,90)(H,91,92)/b11-8-,19-16-,20-17-,27-25-,28-26-,31-30-,34-33-. The van der Waals surface area contributed by atoms with E-state index in [4.69, 9.17) is 32.3 Å². The molecule has 0 saturated carbocycles. The lowest BCUT2D eigenvalue weighted by Gasteiger charge is -2.21. The van der Waals surface area contributed by atoms with Gasteiger partial charge in [-0.2, -0.15) is 0 Å². The van der Waals surface area contributed by atoms with E-state index >= 15 is 0 Å². The van der Waals surface area contributed by atoms with Crippen LogP contribution in [0.25, 0.3) is 0 Å². The Morgan fingerprint density at radius 2 is 0.525 bits per heavy atom. The fourth-order valence-corrected chi connectivity index (χ4v) is 13.0. The highest BCUT2D eigenvalue weighted by molar-refractivity contribution is 7.47. The summed E-state index contributed by atoms with van der Waals surface area (Å²) in [6, 6.07) is 0. The van der Waals surface area contributed by atoms with E-state index in [9.17, 15) is 43.5 Å². The number of unbranched alkanes of at least 4 members (excludes halogenated alkanes) is 41. The number of rotatable bonds is 78. The number of allylic oxidation sites excluding steroid dienone is 14. The first-order chi connectivity index (χ1) is 49.2. The quantitative estimate of drug-likeness (QED) is 0.0146. The third-order valence-electron chi connectivity index (χ3n) is 17.6. The third kappa shape index (κ3) is 77.6. The number of aliphatic hydroxyl groups is 2. The molecule has 0 spiro atoms. The van der Waals surface area contributed by atoms with Gasteiger partial charge >= 0.3 is 33.6 Å². The second-order valence-electron chi connectivity index (χ2n) is 27.6. The van der Waals surface area contributed by atoms with Crippen LogP contribution in [0.15, 0.2) is 85.1 Å². The third-order valence-corrected chi connectivity index (χ3v) is 19.5. The summed E-state index contributed by atoms with van der Waals surface area (Å²) >= 11 is 0. The largest absolute Gasteiger partial charge is 0.472 e. The van der Waals surface area contributed by atoms with Crippen LogP contribution >= 0.6 is 15.6 Å². The summed E-state index contributed by atoms with van der Waals surface area (Å²) < 4.78 is 61.1. The molecular weight excluding hydrogens is 1310 g/mol. The van der Waals surface area contributed by atoms with E-state index in [1.54, 1.807) is 0 Å². The minimum Gasteiger partial charge on any atom is -0.463 e. The number of esters is 3. The Morgan fingerprint density at radius 1 is 0.287 bits per heavy atom. The molecule has 16 nitrogen and oxygen atoms in total. The monoisotopic (exact) mass is 1470 g/mol. The van der Waals surface area contributed by atoms with Crippen molar-refractivity contribution in [3.8, 4) is 0 Å². The number of phosphoric ester groups is 2. The maximum absolute atomic E-state index is 12.9.